The Bertz CT molecular complexity index is 625. The summed E-state index contributed by atoms with van der Waals surface area (Å²) in [5, 5.41) is 18.9. The van der Waals surface area contributed by atoms with Crippen LogP contribution in [0.2, 0.25) is 0 Å². The minimum absolute atomic E-state index is 0.0510. The van der Waals surface area contributed by atoms with Crippen molar-refractivity contribution < 1.29 is 15.0 Å². The van der Waals surface area contributed by atoms with Crippen LogP contribution in [0.1, 0.15) is 21.5 Å². The van der Waals surface area contributed by atoms with Gasteiger partial charge in [-0.1, -0.05) is 35.9 Å². The molecule has 2 aromatic rings. The van der Waals surface area contributed by atoms with Gasteiger partial charge in [-0.05, 0) is 36.8 Å². The fourth-order valence-corrected chi connectivity index (χ4v) is 1.66. The molecule has 0 bridgehead atoms. The fraction of sp³-hybridized carbons (Fsp3) is 0.0625. The highest BCUT2D eigenvalue weighted by Crippen LogP contribution is 2.23. The number of hydrogen-bond donors (Lipinski definition) is 2. The first-order chi connectivity index (χ1) is 9.06. The lowest BCUT2D eigenvalue weighted by Gasteiger charge is -2.01. The predicted molar refractivity (Wildman–Crippen MR) is 74.3 cm³/mol. The molecule has 0 amide bonds. The maximum atomic E-state index is 11.9. The maximum Gasteiger partial charge on any atom is 0.189 e. The molecule has 2 aromatic carbocycles. The third kappa shape index (κ3) is 3.22. The quantitative estimate of drug-likeness (QED) is 0.502. The summed E-state index contributed by atoms with van der Waals surface area (Å²) in [4.78, 5) is 11.9. The number of aromatic hydroxyl groups is 2. The number of rotatable bonds is 3. The topological polar surface area (TPSA) is 57.5 Å². The van der Waals surface area contributed by atoms with Gasteiger partial charge in [0.25, 0.3) is 0 Å². The number of phenolic OH excluding ortho intramolecular Hbond substituents is 2. The molecule has 0 aliphatic rings. The minimum atomic E-state index is -0.353. The van der Waals surface area contributed by atoms with Gasteiger partial charge < -0.3 is 10.2 Å². The fourth-order valence-electron chi connectivity index (χ4n) is 1.66. The molecule has 0 atom stereocenters. The third-order valence-corrected chi connectivity index (χ3v) is 2.75. The highest BCUT2D eigenvalue weighted by molar-refractivity contribution is 6.08. The van der Waals surface area contributed by atoms with E-state index in [0.29, 0.717) is 0 Å². The zero-order chi connectivity index (χ0) is 13.8. The van der Waals surface area contributed by atoms with Gasteiger partial charge in [-0.25, -0.2) is 0 Å². The van der Waals surface area contributed by atoms with Crippen molar-refractivity contribution in [2.45, 2.75) is 6.92 Å². The van der Waals surface area contributed by atoms with E-state index in [1.807, 2.05) is 31.2 Å². The molecule has 3 nitrogen and oxygen atoms in total. The summed E-state index contributed by atoms with van der Waals surface area (Å²) < 4.78 is 0. The lowest BCUT2D eigenvalue weighted by atomic mass is 10.1. The number of benzene rings is 2. The smallest absolute Gasteiger partial charge is 0.189 e. The van der Waals surface area contributed by atoms with Crippen molar-refractivity contribution in [1.29, 1.82) is 0 Å². The molecular weight excluding hydrogens is 240 g/mol. The van der Waals surface area contributed by atoms with Crippen molar-refractivity contribution in [3.05, 3.63) is 65.2 Å². The second kappa shape index (κ2) is 5.40. The number of carbonyl (C=O) groups is 1. The Balaban J connectivity index is 2.21. The van der Waals surface area contributed by atoms with Crippen LogP contribution >= 0.6 is 0 Å². The minimum Gasteiger partial charge on any atom is -0.508 e. The first-order valence-electron chi connectivity index (χ1n) is 5.87. The zero-order valence-corrected chi connectivity index (χ0v) is 10.5. The van der Waals surface area contributed by atoms with Crippen LogP contribution in [0.15, 0.2) is 48.5 Å². The number of phenols is 2. The van der Waals surface area contributed by atoms with E-state index in [1.54, 1.807) is 6.08 Å². The monoisotopic (exact) mass is 254 g/mol. The first-order valence-corrected chi connectivity index (χ1v) is 5.87. The standard InChI is InChI=1S/C16H14O3/c1-11-2-4-12(5-3-11)6-8-15(18)14-10-13(17)7-9-16(14)19/h2-10,17,19H,1H3/b8-6+. The van der Waals surface area contributed by atoms with E-state index in [1.165, 1.54) is 24.3 Å². The van der Waals surface area contributed by atoms with Crippen LogP contribution in [0.3, 0.4) is 0 Å². The van der Waals surface area contributed by atoms with Crippen molar-refractivity contribution in [2.24, 2.45) is 0 Å². The number of hydrogen-bond acceptors (Lipinski definition) is 3. The molecule has 0 spiro atoms. The van der Waals surface area contributed by atoms with Gasteiger partial charge in [0, 0.05) is 0 Å². The van der Waals surface area contributed by atoms with E-state index in [2.05, 4.69) is 0 Å². The Morgan fingerprint density at radius 1 is 1.05 bits per heavy atom. The molecule has 0 saturated carbocycles. The second-order valence-electron chi connectivity index (χ2n) is 4.31. The van der Waals surface area contributed by atoms with Crippen LogP contribution in [0, 0.1) is 6.92 Å². The van der Waals surface area contributed by atoms with Crippen molar-refractivity contribution in [3.63, 3.8) is 0 Å². The lowest BCUT2D eigenvalue weighted by Crippen LogP contribution is -1.94. The largest absolute Gasteiger partial charge is 0.508 e. The molecule has 3 heteroatoms. The SMILES string of the molecule is Cc1ccc(/C=C/C(=O)c2cc(O)ccc2O)cc1. The Morgan fingerprint density at radius 2 is 1.74 bits per heavy atom. The molecule has 0 radical (unpaired) electrons. The highest BCUT2D eigenvalue weighted by atomic mass is 16.3. The van der Waals surface area contributed by atoms with E-state index in [4.69, 9.17) is 0 Å². The van der Waals surface area contributed by atoms with Crippen molar-refractivity contribution >= 4 is 11.9 Å². The average Bonchev–Trinajstić information content (AvgIpc) is 2.40. The average molecular weight is 254 g/mol. The Hall–Kier alpha value is -2.55. The van der Waals surface area contributed by atoms with Gasteiger partial charge >= 0.3 is 0 Å². The van der Waals surface area contributed by atoms with Crippen molar-refractivity contribution in [2.75, 3.05) is 0 Å². The van der Waals surface area contributed by atoms with Crippen molar-refractivity contribution in [3.8, 4) is 11.5 Å². The van der Waals surface area contributed by atoms with E-state index in [0.717, 1.165) is 11.1 Å². The van der Waals surface area contributed by atoms with Crippen LogP contribution in [-0.2, 0) is 0 Å². The van der Waals surface area contributed by atoms with Gasteiger partial charge in [0.15, 0.2) is 5.78 Å². The second-order valence-corrected chi connectivity index (χ2v) is 4.31. The van der Waals surface area contributed by atoms with Crippen LogP contribution < -0.4 is 0 Å². The summed E-state index contributed by atoms with van der Waals surface area (Å²) in [7, 11) is 0. The summed E-state index contributed by atoms with van der Waals surface area (Å²) in [5.74, 6) is -0.546. The highest BCUT2D eigenvalue weighted by Gasteiger charge is 2.08. The predicted octanol–water partition coefficient (Wildman–Crippen LogP) is 3.30. The van der Waals surface area contributed by atoms with Crippen LogP contribution in [0.4, 0.5) is 0 Å². The van der Waals surface area contributed by atoms with Gasteiger partial charge in [0.2, 0.25) is 0 Å². The zero-order valence-electron chi connectivity index (χ0n) is 10.5. The van der Waals surface area contributed by atoms with Crippen LogP contribution in [-0.4, -0.2) is 16.0 Å². The molecule has 2 rings (SSSR count). The van der Waals surface area contributed by atoms with Gasteiger partial charge in [-0.3, -0.25) is 4.79 Å². The summed E-state index contributed by atoms with van der Waals surface area (Å²) in [5.41, 5.74) is 2.14. The number of carbonyl (C=O) groups excluding carboxylic acids is 1. The molecule has 0 aliphatic carbocycles. The van der Waals surface area contributed by atoms with Gasteiger partial charge in [-0.15, -0.1) is 0 Å². The molecule has 0 saturated heterocycles. The molecular formula is C16H14O3. The summed E-state index contributed by atoms with van der Waals surface area (Å²) in [6, 6.07) is 11.6. The molecule has 0 unspecified atom stereocenters. The summed E-state index contributed by atoms with van der Waals surface area (Å²) in [6.07, 6.45) is 3.05. The lowest BCUT2D eigenvalue weighted by molar-refractivity contribution is 0.104. The molecule has 0 aromatic heterocycles. The number of aryl methyl sites for hydroxylation is 1. The van der Waals surface area contributed by atoms with E-state index in [9.17, 15) is 15.0 Å². The summed E-state index contributed by atoms with van der Waals surface area (Å²) in [6.45, 7) is 1.99. The molecule has 96 valence electrons. The van der Waals surface area contributed by atoms with Gasteiger partial charge in [0.1, 0.15) is 11.5 Å². The first kappa shape index (κ1) is 12.9. The molecule has 19 heavy (non-hydrogen) atoms. The third-order valence-electron chi connectivity index (χ3n) is 2.75. The van der Waals surface area contributed by atoms with Gasteiger partial charge in [-0.2, -0.15) is 0 Å². The van der Waals surface area contributed by atoms with Crippen molar-refractivity contribution in [1.82, 2.24) is 0 Å². The summed E-state index contributed by atoms with van der Waals surface area (Å²) >= 11 is 0. The van der Waals surface area contributed by atoms with Crippen LogP contribution in [0.25, 0.3) is 6.08 Å². The van der Waals surface area contributed by atoms with E-state index in [-0.39, 0.29) is 22.8 Å². The Kier molecular flexibility index (Phi) is 3.66. The molecule has 0 heterocycles. The van der Waals surface area contributed by atoms with Gasteiger partial charge in [0.05, 0.1) is 5.56 Å². The normalized spacial score (nSPS) is 10.8. The number of allylic oxidation sites excluding steroid dienone is 1. The van der Waals surface area contributed by atoms with E-state index < -0.39 is 0 Å². The maximum absolute atomic E-state index is 11.9. The van der Waals surface area contributed by atoms with E-state index >= 15 is 0 Å². The molecule has 0 aliphatic heterocycles. The number of ketones is 1. The Morgan fingerprint density at radius 3 is 2.42 bits per heavy atom. The van der Waals surface area contributed by atoms with Crippen LogP contribution in [0.5, 0.6) is 11.5 Å². The molecule has 0 fully saturated rings. The molecule has 2 N–H and O–H groups in total. The Labute approximate surface area is 111 Å².